The Hall–Kier alpha value is -2.21. The quantitative estimate of drug-likeness (QED) is 0.721. The van der Waals surface area contributed by atoms with Crippen LogP contribution < -0.4 is 15.4 Å². The van der Waals surface area contributed by atoms with Crippen molar-refractivity contribution < 1.29 is 19.1 Å². The Morgan fingerprint density at radius 3 is 2.60 bits per heavy atom. The summed E-state index contributed by atoms with van der Waals surface area (Å²) in [5.74, 6) is 0.108. The second kappa shape index (κ2) is 8.76. The molecule has 0 aromatic heterocycles. The van der Waals surface area contributed by atoms with Crippen molar-refractivity contribution in [1.29, 1.82) is 0 Å². The molecule has 1 aliphatic rings. The number of urea groups is 1. The topological polar surface area (TPSA) is 76.7 Å². The third kappa shape index (κ3) is 4.45. The molecule has 25 heavy (non-hydrogen) atoms. The van der Waals surface area contributed by atoms with Crippen LogP contribution in [0, 0.1) is 0 Å². The summed E-state index contributed by atoms with van der Waals surface area (Å²) >= 11 is 6.26. The van der Waals surface area contributed by atoms with Crippen LogP contribution >= 0.6 is 11.6 Å². The zero-order chi connectivity index (χ0) is 18.4. The van der Waals surface area contributed by atoms with E-state index in [1.807, 2.05) is 13.8 Å². The predicted octanol–water partition coefficient (Wildman–Crippen LogP) is 3.71. The lowest BCUT2D eigenvalue weighted by Gasteiger charge is -2.29. The number of allylic oxidation sites excluding steroid dienone is 1. The summed E-state index contributed by atoms with van der Waals surface area (Å²) in [6, 6.07) is 4.24. The Morgan fingerprint density at radius 1 is 1.24 bits per heavy atom. The molecule has 2 amide bonds. The number of amides is 2. The van der Waals surface area contributed by atoms with Gasteiger partial charge in [-0.15, -0.1) is 0 Å². The molecule has 1 atom stereocenters. The number of nitrogens with one attached hydrogen (secondary N) is 2. The highest BCUT2D eigenvalue weighted by Gasteiger charge is 2.33. The van der Waals surface area contributed by atoms with Crippen LogP contribution in [0.25, 0.3) is 0 Å². The lowest BCUT2D eigenvalue weighted by atomic mass is 9.93. The molecule has 1 aromatic carbocycles. The number of carbonyl (C=O) groups excluding carboxylic acids is 2. The molecule has 2 N–H and O–H groups in total. The van der Waals surface area contributed by atoms with Gasteiger partial charge in [0.05, 0.1) is 29.9 Å². The first kappa shape index (κ1) is 19.1. The van der Waals surface area contributed by atoms with Crippen molar-refractivity contribution in [3.8, 4) is 5.75 Å². The first-order valence-corrected chi connectivity index (χ1v) is 8.79. The minimum atomic E-state index is -0.623. The van der Waals surface area contributed by atoms with Gasteiger partial charge in [-0.3, -0.25) is 0 Å². The third-order valence-corrected chi connectivity index (χ3v) is 4.03. The highest BCUT2D eigenvalue weighted by atomic mass is 35.5. The van der Waals surface area contributed by atoms with Crippen molar-refractivity contribution in [2.45, 2.75) is 39.7 Å². The fraction of sp³-hybridized carbons (Fsp3) is 0.444. The largest absolute Gasteiger partial charge is 0.492 e. The second-order valence-electron chi connectivity index (χ2n) is 5.52. The average molecular weight is 367 g/mol. The highest BCUT2D eigenvalue weighted by molar-refractivity contribution is 6.32. The molecule has 2 rings (SSSR count). The molecule has 0 saturated heterocycles. The Kier molecular flexibility index (Phi) is 6.70. The van der Waals surface area contributed by atoms with Gasteiger partial charge in [-0.05, 0) is 38.0 Å². The zero-order valence-electron chi connectivity index (χ0n) is 14.6. The third-order valence-electron chi connectivity index (χ3n) is 3.74. The molecule has 0 spiro atoms. The smallest absolute Gasteiger partial charge is 0.338 e. The number of hydrogen-bond donors (Lipinski definition) is 2. The minimum Gasteiger partial charge on any atom is -0.492 e. The van der Waals surface area contributed by atoms with Gasteiger partial charge in [0, 0.05) is 5.70 Å². The van der Waals surface area contributed by atoms with E-state index >= 15 is 0 Å². The second-order valence-corrected chi connectivity index (χ2v) is 5.92. The van der Waals surface area contributed by atoms with Crippen LogP contribution in [0.3, 0.4) is 0 Å². The number of halogens is 1. The zero-order valence-corrected chi connectivity index (χ0v) is 15.4. The number of carbonyl (C=O) groups is 2. The van der Waals surface area contributed by atoms with Crippen LogP contribution in [0.5, 0.6) is 5.75 Å². The maximum atomic E-state index is 12.5. The maximum Gasteiger partial charge on any atom is 0.338 e. The number of benzene rings is 1. The van der Waals surface area contributed by atoms with Gasteiger partial charge in [0.15, 0.2) is 0 Å². The van der Waals surface area contributed by atoms with Crippen molar-refractivity contribution in [2.75, 3.05) is 13.2 Å². The number of ether oxygens (including phenoxy) is 2. The number of esters is 1. The maximum absolute atomic E-state index is 12.5. The summed E-state index contributed by atoms with van der Waals surface area (Å²) in [5, 5.41) is 5.93. The summed E-state index contributed by atoms with van der Waals surface area (Å²) < 4.78 is 10.6. The van der Waals surface area contributed by atoms with Crippen molar-refractivity contribution in [2.24, 2.45) is 0 Å². The van der Waals surface area contributed by atoms with Crippen LogP contribution in [0.15, 0.2) is 29.5 Å². The van der Waals surface area contributed by atoms with E-state index in [9.17, 15) is 9.59 Å². The monoisotopic (exact) mass is 366 g/mol. The van der Waals surface area contributed by atoms with E-state index in [0.717, 1.165) is 6.42 Å². The van der Waals surface area contributed by atoms with E-state index < -0.39 is 12.0 Å². The van der Waals surface area contributed by atoms with E-state index in [-0.39, 0.29) is 12.6 Å². The van der Waals surface area contributed by atoms with Gasteiger partial charge in [0.1, 0.15) is 5.75 Å². The van der Waals surface area contributed by atoms with Gasteiger partial charge in [0.2, 0.25) is 0 Å². The van der Waals surface area contributed by atoms with E-state index in [0.29, 0.717) is 40.6 Å². The minimum absolute atomic E-state index is 0.256. The first-order valence-electron chi connectivity index (χ1n) is 8.41. The van der Waals surface area contributed by atoms with E-state index in [1.54, 1.807) is 25.1 Å². The molecule has 136 valence electrons. The van der Waals surface area contributed by atoms with Crippen LogP contribution in [0.2, 0.25) is 5.02 Å². The molecule has 7 heteroatoms. The summed E-state index contributed by atoms with van der Waals surface area (Å²) in [4.78, 5) is 24.5. The summed E-state index contributed by atoms with van der Waals surface area (Å²) in [6.07, 6.45) is 1.36. The molecule has 1 unspecified atom stereocenters. The van der Waals surface area contributed by atoms with Crippen molar-refractivity contribution >= 4 is 23.6 Å². The molecule has 0 aliphatic carbocycles. The molecule has 0 saturated carbocycles. The highest BCUT2D eigenvalue weighted by Crippen LogP contribution is 2.33. The molecule has 1 aromatic rings. The van der Waals surface area contributed by atoms with Crippen LogP contribution in [-0.2, 0) is 9.53 Å². The number of rotatable bonds is 7. The molecule has 0 bridgehead atoms. The van der Waals surface area contributed by atoms with E-state index in [2.05, 4.69) is 10.6 Å². The standard InChI is InChI=1S/C18H23ClN2O4/c1-4-7-13-15(17(22)25-6-3)16(21-18(23)20-13)11-8-9-14(24-5-2)12(19)10-11/h8-10,16H,4-7H2,1-3H3,(H2,20,21,23). The van der Waals surface area contributed by atoms with Gasteiger partial charge < -0.3 is 20.1 Å². The van der Waals surface area contributed by atoms with Crippen molar-refractivity contribution in [3.63, 3.8) is 0 Å². The molecular weight excluding hydrogens is 344 g/mol. The summed E-state index contributed by atoms with van der Waals surface area (Å²) in [6.45, 7) is 6.35. The normalized spacial score (nSPS) is 17.0. The molecular formula is C18H23ClN2O4. The van der Waals surface area contributed by atoms with E-state index in [4.69, 9.17) is 21.1 Å². The van der Waals surface area contributed by atoms with Crippen LogP contribution in [0.4, 0.5) is 4.79 Å². The lowest BCUT2D eigenvalue weighted by molar-refractivity contribution is -0.139. The molecule has 6 nitrogen and oxygen atoms in total. The Labute approximate surface area is 152 Å². The van der Waals surface area contributed by atoms with Gasteiger partial charge >= 0.3 is 12.0 Å². The van der Waals surface area contributed by atoms with Gasteiger partial charge in [-0.25, -0.2) is 9.59 Å². The fourth-order valence-electron chi connectivity index (χ4n) is 2.73. The number of hydrogen-bond acceptors (Lipinski definition) is 4. The average Bonchev–Trinajstić information content (AvgIpc) is 2.56. The van der Waals surface area contributed by atoms with Crippen LogP contribution in [-0.4, -0.2) is 25.2 Å². The molecule has 0 radical (unpaired) electrons. The van der Waals surface area contributed by atoms with Gasteiger partial charge in [-0.2, -0.15) is 0 Å². The van der Waals surface area contributed by atoms with Gasteiger partial charge in [-0.1, -0.05) is 31.0 Å². The fourth-order valence-corrected chi connectivity index (χ4v) is 2.98. The Balaban J connectivity index is 2.47. The van der Waals surface area contributed by atoms with Gasteiger partial charge in [0.25, 0.3) is 0 Å². The lowest BCUT2D eigenvalue weighted by Crippen LogP contribution is -2.46. The van der Waals surface area contributed by atoms with Crippen molar-refractivity contribution in [1.82, 2.24) is 10.6 Å². The predicted molar refractivity (Wildman–Crippen MR) is 95.6 cm³/mol. The Morgan fingerprint density at radius 2 is 2.00 bits per heavy atom. The molecule has 0 fully saturated rings. The van der Waals surface area contributed by atoms with Crippen LogP contribution in [0.1, 0.15) is 45.2 Å². The summed E-state index contributed by atoms with van der Waals surface area (Å²) in [7, 11) is 0. The van der Waals surface area contributed by atoms with Crippen molar-refractivity contribution in [3.05, 3.63) is 40.1 Å². The molecule has 1 heterocycles. The molecule has 1 aliphatic heterocycles. The summed E-state index contributed by atoms with van der Waals surface area (Å²) in [5.41, 5.74) is 1.68. The van der Waals surface area contributed by atoms with E-state index in [1.165, 1.54) is 0 Å². The Bertz CT molecular complexity index is 688. The SMILES string of the molecule is CCCC1=C(C(=O)OCC)C(c2ccc(OCC)c(Cl)c2)NC(=O)N1. The first-order chi connectivity index (χ1) is 12.0.